The normalized spacial score (nSPS) is 13.0. The molecule has 1 aliphatic rings. The fourth-order valence-corrected chi connectivity index (χ4v) is 4.38. The van der Waals surface area contributed by atoms with E-state index in [-0.39, 0.29) is 16.5 Å². The minimum Gasteiger partial charge on any atom is -0.477 e. The van der Waals surface area contributed by atoms with E-state index in [1.54, 1.807) is 21.3 Å². The molecule has 0 bridgehead atoms. The van der Waals surface area contributed by atoms with E-state index in [4.69, 9.17) is 10.2 Å². The minimum atomic E-state index is -1.23. The second-order valence-corrected chi connectivity index (χ2v) is 8.85. The lowest BCUT2D eigenvalue weighted by atomic mass is 10.2. The summed E-state index contributed by atoms with van der Waals surface area (Å²) in [6.45, 7) is 8.51. The molecular weight excluding hydrogens is 492 g/mol. The molecule has 1 fully saturated rings. The summed E-state index contributed by atoms with van der Waals surface area (Å²) < 4.78 is 3.36. The maximum Gasteiger partial charge on any atom is 0.341 e. The number of carboxylic acid groups (broad SMARTS) is 2. The Hall–Kier alpha value is -4.61. The molecule has 5 rings (SSSR count). The van der Waals surface area contributed by atoms with Crippen LogP contribution < -0.4 is 15.8 Å². The Kier molecular flexibility index (Phi) is 7.51. The van der Waals surface area contributed by atoms with Crippen molar-refractivity contribution in [3.63, 3.8) is 0 Å². The lowest BCUT2D eigenvalue weighted by Gasteiger charge is -2.16. The van der Waals surface area contributed by atoms with E-state index in [2.05, 4.69) is 19.9 Å². The molecule has 4 aromatic heterocycles. The Morgan fingerprint density at radius 3 is 1.89 bits per heavy atom. The molecular formula is C26H28N6O6. The Balaban J connectivity index is 0.000000181. The van der Waals surface area contributed by atoms with Gasteiger partial charge >= 0.3 is 11.9 Å². The summed E-state index contributed by atoms with van der Waals surface area (Å²) in [6, 6.07) is 3.33. The highest BCUT2D eigenvalue weighted by atomic mass is 16.4. The number of pyridine rings is 3. The SMILES string of the molecule is CCn1cc(C(=O)O)c(=O)c2ccc(C)nc21.CCn1cc(C(=O)O)c(=O)c2cnc(N3CCCC3)nc21. The van der Waals surface area contributed by atoms with Gasteiger partial charge in [0.1, 0.15) is 22.4 Å². The number of carboxylic acids is 2. The molecule has 1 saturated heterocycles. The number of aryl methyl sites for hydroxylation is 3. The van der Waals surface area contributed by atoms with E-state index in [0.717, 1.165) is 31.6 Å². The van der Waals surface area contributed by atoms with Crippen LogP contribution in [-0.4, -0.2) is 59.3 Å². The molecule has 0 atom stereocenters. The molecule has 0 amide bonds. The van der Waals surface area contributed by atoms with Crippen molar-refractivity contribution in [2.45, 2.75) is 46.7 Å². The number of carbonyl (C=O) groups is 2. The molecule has 2 N–H and O–H groups in total. The van der Waals surface area contributed by atoms with Crippen LogP contribution in [0.15, 0.2) is 40.3 Å². The summed E-state index contributed by atoms with van der Waals surface area (Å²) in [5.74, 6) is -1.84. The fraction of sp³-hybridized carbons (Fsp3) is 0.346. The van der Waals surface area contributed by atoms with E-state index in [0.29, 0.717) is 35.7 Å². The van der Waals surface area contributed by atoms with Crippen molar-refractivity contribution in [3.8, 4) is 0 Å². The zero-order valence-corrected chi connectivity index (χ0v) is 21.3. The number of aromatic nitrogens is 5. The quantitative estimate of drug-likeness (QED) is 0.400. The minimum absolute atomic E-state index is 0.218. The van der Waals surface area contributed by atoms with Crippen LogP contribution in [0.3, 0.4) is 0 Å². The molecule has 1 aliphatic heterocycles. The molecule has 0 aliphatic carbocycles. The summed E-state index contributed by atoms with van der Waals surface area (Å²) in [5, 5.41) is 18.7. The third-order valence-corrected chi connectivity index (χ3v) is 6.39. The van der Waals surface area contributed by atoms with Crippen molar-refractivity contribution in [2.75, 3.05) is 18.0 Å². The molecule has 0 unspecified atom stereocenters. The van der Waals surface area contributed by atoms with Gasteiger partial charge in [0.2, 0.25) is 16.8 Å². The Morgan fingerprint density at radius 1 is 0.842 bits per heavy atom. The highest BCUT2D eigenvalue weighted by Crippen LogP contribution is 2.18. The predicted molar refractivity (Wildman–Crippen MR) is 141 cm³/mol. The number of aromatic carboxylic acids is 2. The molecule has 0 aromatic carbocycles. The second kappa shape index (κ2) is 10.8. The number of anilines is 1. The molecule has 38 heavy (non-hydrogen) atoms. The molecule has 0 spiro atoms. The molecule has 0 radical (unpaired) electrons. The first kappa shape index (κ1) is 26.5. The summed E-state index contributed by atoms with van der Waals surface area (Å²) in [4.78, 5) is 61.3. The van der Waals surface area contributed by atoms with Crippen LogP contribution in [0.5, 0.6) is 0 Å². The first-order chi connectivity index (χ1) is 18.2. The third-order valence-electron chi connectivity index (χ3n) is 6.39. The van der Waals surface area contributed by atoms with E-state index < -0.39 is 22.8 Å². The van der Waals surface area contributed by atoms with Crippen LogP contribution in [0, 0.1) is 6.92 Å². The topological polar surface area (TPSA) is 161 Å². The highest BCUT2D eigenvalue weighted by molar-refractivity contribution is 5.92. The molecule has 12 nitrogen and oxygen atoms in total. The van der Waals surface area contributed by atoms with Crippen molar-refractivity contribution in [1.82, 2.24) is 24.1 Å². The van der Waals surface area contributed by atoms with Crippen LogP contribution in [0.4, 0.5) is 5.95 Å². The molecule has 12 heteroatoms. The standard InChI is InChI=1S/C14H16N4O3.C12H12N2O3/c1-2-17-8-10(13(20)21)11(19)9-7-15-14(16-12(9)17)18-5-3-4-6-18;1-3-14-6-9(12(16)17)10(15)8-5-4-7(2)13-11(8)14/h7-8H,2-6H2,1H3,(H,20,21);4-6H,3H2,1-2H3,(H,16,17). The number of hydrogen-bond acceptors (Lipinski definition) is 8. The maximum atomic E-state index is 12.2. The van der Waals surface area contributed by atoms with Crippen molar-refractivity contribution in [1.29, 1.82) is 0 Å². The Labute approximate surface area is 216 Å². The van der Waals surface area contributed by atoms with Crippen LogP contribution in [-0.2, 0) is 13.1 Å². The molecule has 0 saturated carbocycles. The van der Waals surface area contributed by atoms with Crippen molar-refractivity contribution in [3.05, 3.63) is 68.0 Å². The van der Waals surface area contributed by atoms with Gasteiger partial charge < -0.3 is 24.2 Å². The zero-order valence-electron chi connectivity index (χ0n) is 21.3. The lowest BCUT2D eigenvalue weighted by molar-refractivity contribution is 0.0684. The smallest absolute Gasteiger partial charge is 0.341 e. The summed E-state index contributed by atoms with van der Waals surface area (Å²) in [5.41, 5.74) is 0.334. The van der Waals surface area contributed by atoms with Crippen molar-refractivity contribution < 1.29 is 19.8 Å². The van der Waals surface area contributed by atoms with Gasteiger partial charge in [-0.3, -0.25) is 9.59 Å². The zero-order chi connectivity index (χ0) is 27.6. The van der Waals surface area contributed by atoms with Gasteiger partial charge in [-0.1, -0.05) is 0 Å². The average molecular weight is 521 g/mol. The average Bonchev–Trinajstić information content (AvgIpc) is 3.44. The van der Waals surface area contributed by atoms with Gasteiger partial charge in [-0.15, -0.1) is 0 Å². The number of hydrogen-bond donors (Lipinski definition) is 2. The van der Waals surface area contributed by atoms with Gasteiger partial charge in [-0.25, -0.2) is 19.6 Å². The summed E-state index contributed by atoms with van der Waals surface area (Å²) >= 11 is 0. The van der Waals surface area contributed by atoms with Gasteiger partial charge in [0.15, 0.2) is 0 Å². The first-order valence-corrected chi connectivity index (χ1v) is 12.3. The largest absolute Gasteiger partial charge is 0.477 e. The maximum absolute atomic E-state index is 12.2. The van der Waals surface area contributed by atoms with Gasteiger partial charge in [-0.05, 0) is 45.7 Å². The molecule has 4 aromatic rings. The number of nitrogens with zero attached hydrogens (tertiary/aromatic N) is 6. The van der Waals surface area contributed by atoms with Gasteiger partial charge in [-0.2, -0.15) is 4.98 Å². The first-order valence-electron chi connectivity index (χ1n) is 12.3. The van der Waals surface area contributed by atoms with Crippen molar-refractivity contribution >= 4 is 40.0 Å². The van der Waals surface area contributed by atoms with E-state index in [1.165, 1.54) is 18.6 Å². The van der Waals surface area contributed by atoms with E-state index in [1.807, 2.05) is 20.8 Å². The fourth-order valence-electron chi connectivity index (χ4n) is 4.38. The number of rotatable bonds is 5. The second-order valence-electron chi connectivity index (χ2n) is 8.85. The third kappa shape index (κ3) is 4.97. The van der Waals surface area contributed by atoms with Gasteiger partial charge in [0, 0.05) is 50.5 Å². The van der Waals surface area contributed by atoms with Crippen LogP contribution in [0.2, 0.25) is 0 Å². The Bertz CT molecular complexity index is 1670. The van der Waals surface area contributed by atoms with Gasteiger partial charge in [0.05, 0.1) is 10.8 Å². The molecule has 5 heterocycles. The number of fused-ring (bicyclic) bond motifs is 2. The lowest BCUT2D eigenvalue weighted by Crippen LogP contribution is -2.23. The Morgan fingerprint density at radius 2 is 1.37 bits per heavy atom. The van der Waals surface area contributed by atoms with Crippen LogP contribution in [0.1, 0.15) is 53.1 Å². The van der Waals surface area contributed by atoms with Crippen molar-refractivity contribution in [2.24, 2.45) is 0 Å². The van der Waals surface area contributed by atoms with Crippen LogP contribution >= 0.6 is 0 Å². The van der Waals surface area contributed by atoms with E-state index in [9.17, 15) is 19.2 Å². The van der Waals surface area contributed by atoms with Gasteiger partial charge in [0.25, 0.3) is 0 Å². The van der Waals surface area contributed by atoms with E-state index >= 15 is 0 Å². The van der Waals surface area contributed by atoms with Crippen LogP contribution in [0.25, 0.3) is 22.1 Å². The predicted octanol–water partition coefficient (Wildman–Crippen LogP) is 2.53. The monoisotopic (exact) mass is 520 g/mol. The summed E-state index contributed by atoms with van der Waals surface area (Å²) in [6.07, 6.45) is 6.37. The highest BCUT2D eigenvalue weighted by Gasteiger charge is 2.19. The molecule has 198 valence electrons. The summed E-state index contributed by atoms with van der Waals surface area (Å²) in [7, 11) is 0.